The first-order chi connectivity index (χ1) is 10.1. The van der Waals surface area contributed by atoms with E-state index < -0.39 is 5.97 Å². The Hall–Kier alpha value is -1.36. The van der Waals surface area contributed by atoms with E-state index in [2.05, 4.69) is 28.3 Å². The van der Waals surface area contributed by atoms with Gasteiger partial charge in [-0.2, -0.15) is 0 Å². The summed E-state index contributed by atoms with van der Waals surface area (Å²) < 4.78 is 2.22. The minimum atomic E-state index is -0.870. The average molecular weight is 291 g/mol. The zero-order chi connectivity index (χ0) is 15.0. The van der Waals surface area contributed by atoms with E-state index in [0.717, 1.165) is 63.4 Å². The van der Waals surface area contributed by atoms with Crippen molar-refractivity contribution in [3.05, 3.63) is 17.2 Å². The number of nitrogens with zero attached hydrogens (tertiary/aromatic N) is 3. The number of carboxylic acids is 1. The van der Waals surface area contributed by atoms with Crippen molar-refractivity contribution in [3.63, 3.8) is 0 Å². The van der Waals surface area contributed by atoms with Gasteiger partial charge in [-0.25, -0.2) is 9.78 Å². The number of piperidine rings is 1. The van der Waals surface area contributed by atoms with Gasteiger partial charge in [0.2, 0.25) is 0 Å². The molecule has 1 fully saturated rings. The molecule has 21 heavy (non-hydrogen) atoms. The molecule has 0 aliphatic carbocycles. The van der Waals surface area contributed by atoms with Gasteiger partial charge in [0.05, 0.1) is 5.69 Å². The Labute approximate surface area is 126 Å². The predicted octanol–water partition coefficient (Wildman–Crippen LogP) is 2.36. The summed E-state index contributed by atoms with van der Waals surface area (Å²) in [6, 6.07) is 0. The van der Waals surface area contributed by atoms with Gasteiger partial charge < -0.3 is 14.6 Å². The molecule has 5 nitrogen and oxygen atoms in total. The lowest BCUT2D eigenvalue weighted by molar-refractivity contribution is 0.0688. The molecule has 2 aliphatic heterocycles. The van der Waals surface area contributed by atoms with E-state index in [9.17, 15) is 9.90 Å². The first kappa shape index (κ1) is 14.6. The highest BCUT2D eigenvalue weighted by atomic mass is 16.4. The minimum absolute atomic E-state index is 0.300. The topological polar surface area (TPSA) is 58.4 Å². The SMILES string of the molecule is CCN1CCC(c2nc(C(=O)O)c3n2CCC(C)C3)CC1. The average Bonchev–Trinajstić information content (AvgIpc) is 2.86. The highest BCUT2D eigenvalue weighted by molar-refractivity contribution is 5.87. The lowest BCUT2D eigenvalue weighted by Crippen LogP contribution is -2.33. The van der Waals surface area contributed by atoms with E-state index in [-0.39, 0.29) is 0 Å². The Balaban J connectivity index is 1.89. The maximum atomic E-state index is 11.5. The Morgan fingerprint density at radius 1 is 1.29 bits per heavy atom. The second-order valence-corrected chi connectivity index (χ2v) is 6.53. The number of aromatic nitrogens is 2. The molecule has 0 bridgehead atoms. The van der Waals surface area contributed by atoms with Crippen molar-refractivity contribution in [2.45, 2.75) is 52.0 Å². The fraction of sp³-hybridized carbons (Fsp3) is 0.750. The molecule has 0 spiro atoms. The van der Waals surface area contributed by atoms with Crippen molar-refractivity contribution in [1.82, 2.24) is 14.5 Å². The van der Waals surface area contributed by atoms with E-state index in [0.29, 0.717) is 17.5 Å². The van der Waals surface area contributed by atoms with E-state index in [1.54, 1.807) is 0 Å². The first-order valence-corrected chi connectivity index (χ1v) is 8.15. The van der Waals surface area contributed by atoms with Crippen LogP contribution in [-0.4, -0.2) is 45.2 Å². The van der Waals surface area contributed by atoms with Crippen LogP contribution in [0.3, 0.4) is 0 Å². The van der Waals surface area contributed by atoms with Gasteiger partial charge >= 0.3 is 5.97 Å². The number of hydrogen-bond donors (Lipinski definition) is 1. The van der Waals surface area contributed by atoms with Gasteiger partial charge in [-0.05, 0) is 51.2 Å². The maximum absolute atomic E-state index is 11.5. The molecule has 0 amide bonds. The van der Waals surface area contributed by atoms with Gasteiger partial charge in [-0.1, -0.05) is 13.8 Å². The highest BCUT2D eigenvalue weighted by Gasteiger charge is 2.31. The summed E-state index contributed by atoms with van der Waals surface area (Å²) in [5.74, 6) is 1.14. The molecule has 3 rings (SSSR count). The van der Waals surface area contributed by atoms with Crippen LogP contribution in [0.5, 0.6) is 0 Å². The molecule has 0 radical (unpaired) electrons. The van der Waals surface area contributed by atoms with Gasteiger partial charge in [0.25, 0.3) is 0 Å². The number of carbonyl (C=O) groups is 1. The van der Waals surface area contributed by atoms with Crippen LogP contribution in [0.25, 0.3) is 0 Å². The number of likely N-dealkylation sites (tertiary alicyclic amines) is 1. The Bertz CT molecular complexity index is 530. The number of rotatable bonds is 3. The predicted molar refractivity (Wildman–Crippen MR) is 80.8 cm³/mol. The molecule has 0 aromatic carbocycles. The van der Waals surface area contributed by atoms with Gasteiger partial charge in [0, 0.05) is 12.5 Å². The fourth-order valence-electron chi connectivity index (χ4n) is 3.73. The summed E-state index contributed by atoms with van der Waals surface area (Å²) in [6.07, 6.45) is 4.17. The molecule has 1 aromatic rings. The molecule has 1 unspecified atom stereocenters. The largest absolute Gasteiger partial charge is 0.476 e. The van der Waals surface area contributed by atoms with Crippen molar-refractivity contribution >= 4 is 5.97 Å². The van der Waals surface area contributed by atoms with Crippen molar-refractivity contribution in [2.24, 2.45) is 5.92 Å². The van der Waals surface area contributed by atoms with Gasteiger partial charge in [-0.3, -0.25) is 0 Å². The van der Waals surface area contributed by atoms with Crippen LogP contribution in [0.4, 0.5) is 0 Å². The summed E-state index contributed by atoms with van der Waals surface area (Å²) in [6.45, 7) is 8.62. The van der Waals surface area contributed by atoms with Crippen LogP contribution in [0.2, 0.25) is 0 Å². The molecule has 1 atom stereocenters. The monoisotopic (exact) mass is 291 g/mol. The van der Waals surface area contributed by atoms with E-state index in [1.165, 1.54) is 0 Å². The molecule has 1 saturated heterocycles. The summed E-state index contributed by atoms with van der Waals surface area (Å²) in [7, 11) is 0. The zero-order valence-electron chi connectivity index (χ0n) is 13.0. The van der Waals surface area contributed by atoms with Crippen LogP contribution in [0.1, 0.15) is 61.0 Å². The van der Waals surface area contributed by atoms with E-state index >= 15 is 0 Å². The molecular formula is C16H25N3O2. The third-order valence-electron chi connectivity index (χ3n) is 5.09. The van der Waals surface area contributed by atoms with Crippen LogP contribution in [0.15, 0.2) is 0 Å². The summed E-state index contributed by atoms with van der Waals surface area (Å²) >= 11 is 0. The van der Waals surface area contributed by atoms with E-state index in [1.807, 2.05) is 0 Å². The number of aromatic carboxylic acids is 1. The van der Waals surface area contributed by atoms with Crippen molar-refractivity contribution in [3.8, 4) is 0 Å². The van der Waals surface area contributed by atoms with E-state index in [4.69, 9.17) is 0 Å². The second-order valence-electron chi connectivity index (χ2n) is 6.53. The lowest BCUT2D eigenvalue weighted by atomic mass is 9.94. The maximum Gasteiger partial charge on any atom is 0.356 e. The van der Waals surface area contributed by atoms with Gasteiger partial charge in [-0.15, -0.1) is 0 Å². The summed E-state index contributed by atoms with van der Waals surface area (Å²) in [4.78, 5) is 18.5. The number of imidazole rings is 1. The zero-order valence-corrected chi connectivity index (χ0v) is 13.0. The lowest BCUT2D eigenvalue weighted by Gasteiger charge is -2.32. The van der Waals surface area contributed by atoms with Crippen LogP contribution >= 0.6 is 0 Å². The van der Waals surface area contributed by atoms with Crippen molar-refractivity contribution in [1.29, 1.82) is 0 Å². The molecule has 0 saturated carbocycles. The molecule has 1 N–H and O–H groups in total. The van der Waals surface area contributed by atoms with Crippen LogP contribution < -0.4 is 0 Å². The third kappa shape index (κ3) is 2.71. The van der Waals surface area contributed by atoms with Crippen molar-refractivity contribution < 1.29 is 9.90 Å². The minimum Gasteiger partial charge on any atom is -0.476 e. The smallest absolute Gasteiger partial charge is 0.356 e. The van der Waals surface area contributed by atoms with Crippen LogP contribution in [0, 0.1) is 5.92 Å². The standard InChI is InChI=1S/C16H25N3O2/c1-3-18-7-5-12(6-8-18)15-17-14(16(20)21)13-10-11(2)4-9-19(13)15/h11-12H,3-10H2,1-2H3,(H,20,21). The number of hydrogen-bond acceptors (Lipinski definition) is 3. The highest BCUT2D eigenvalue weighted by Crippen LogP contribution is 2.32. The molecular weight excluding hydrogens is 266 g/mol. The normalized spacial score (nSPS) is 24.0. The number of fused-ring (bicyclic) bond motifs is 1. The quantitative estimate of drug-likeness (QED) is 0.929. The molecule has 116 valence electrons. The third-order valence-corrected chi connectivity index (χ3v) is 5.09. The Morgan fingerprint density at radius 3 is 2.62 bits per heavy atom. The fourth-order valence-corrected chi connectivity index (χ4v) is 3.73. The Kier molecular flexibility index (Phi) is 4.02. The molecule has 3 heterocycles. The summed E-state index contributed by atoms with van der Waals surface area (Å²) in [5, 5.41) is 9.43. The summed E-state index contributed by atoms with van der Waals surface area (Å²) in [5.41, 5.74) is 1.25. The van der Waals surface area contributed by atoms with Crippen molar-refractivity contribution in [2.75, 3.05) is 19.6 Å². The number of carboxylic acid groups (broad SMARTS) is 1. The first-order valence-electron chi connectivity index (χ1n) is 8.15. The van der Waals surface area contributed by atoms with Gasteiger partial charge in [0.1, 0.15) is 5.82 Å². The molecule has 1 aromatic heterocycles. The Morgan fingerprint density at radius 2 is 2.00 bits per heavy atom. The second kappa shape index (κ2) is 5.79. The van der Waals surface area contributed by atoms with Crippen LogP contribution in [-0.2, 0) is 13.0 Å². The molecule has 2 aliphatic rings. The van der Waals surface area contributed by atoms with Gasteiger partial charge in [0.15, 0.2) is 5.69 Å². The molecule has 5 heteroatoms.